The van der Waals surface area contributed by atoms with E-state index in [1.807, 2.05) is 20.8 Å². The molecule has 0 aliphatic carbocycles. The van der Waals surface area contributed by atoms with Gasteiger partial charge in [-0.1, -0.05) is 41.0 Å². The number of hydrogen-bond acceptors (Lipinski definition) is 7. The van der Waals surface area contributed by atoms with Crippen molar-refractivity contribution in [2.45, 2.75) is 79.1 Å². The van der Waals surface area contributed by atoms with Crippen LogP contribution < -0.4 is 5.63 Å². The summed E-state index contributed by atoms with van der Waals surface area (Å²) < 4.78 is 9.89. The van der Waals surface area contributed by atoms with E-state index in [-0.39, 0.29) is 17.2 Å². The number of methoxy groups -OCH3 is 1. The van der Waals surface area contributed by atoms with E-state index in [9.17, 15) is 19.5 Å². The molecule has 0 saturated heterocycles. The molecule has 2 heterocycles. The van der Waals surface area contributed by atoms with Gasteiger partial charge in [-0.15, -0.1) is 11.3 Å². The average Bonchev–Trinajstić information content (AvgIpc) is 3.23. The van der Waals surface area contributed by atoms with E-state index >= 15 is 0 Å². The van der Waals surface area contributed by atoms with E-state index in [0.29, 0.717) is 31.4 Å². The molecular weight excluding hydrogens is 466 g/mol. The lowest BCUT2D eigenvalue weighted by Gasteiger charge is -2.30. The highest BCUT2D eigenvalue weighted by molar-refractivity contribution is 7.12. The maximum absolute atomic E-state index is 13.3. The highest BCUT2D eigenvalue weighted by Gasteiger charge is 2.35. The first kappa shape index (κ1) is 28.5. The fraction of sp³-hybridized carbons (Fsp3) is 0.556. The van der Waals surface area contributed by atoms with E-state index in [2.05, 4.69) is 28.8 Å². The molecular formula is C27H37NO6S. The third-order valence-electron chi connectivity index (χ3n) is 6.43. The molecule has 0 aromatic carbocycles. The molecule has 2 unspecified atom stereocenters. The minimum Gasteiger partial charge on any atom is -0.507 e. The average molecular weight is 504 g/mol. The molecule has 0 bridgehead atoms. The number of rotatable bonds is 12. The normalized spacial score (nSPS) is 13.7. The van der Waals surface area contributed by atoms with Crippen LogP contribution in [0.1, 0.15) is 92.1 Å². The van der Waals surface area contributed by atoms with E-state index < -0.39 is 28.8 Å². The second kappa shape index (κ2) is 12.8. The van der Waals surface area contributed by atoms with Gasteiger partial charge in [0.2, 0.25) is 0 Å². The van der Waals surface area contributed by atoms with E-state index in [0.717, 1.165) is 12.8 Å². The zero-order chi connectivity index (χ0) is 26.2. The van der Waals surface area contributed by atoms with Crippen LogP contribution in [0.4, 0.5) is 4.79 Å². The lowest BCUT2D eigenvalue weighted by Crippen LogP contribution is -2.33. The lowest BCUT2D eigenvalue weighted by molar-refractivity contribution is 0.0812. The first-order valence-electron chi connectivity index (χ1n) is 12.1. The zero-order valence-electron chi connectivity index (χ0n) is 21.6. The minimum absolute atomic E-state index is 0.158. The molecule has 35 heavy (non-hydrogen) atoms. The highest BCUT2D eigenvalue weighted by atomic mass is 32.1. The maximum atomic E-state index is 13.3. The number of ketones is 1. The van der Waals surface area contributed by atoms with Crippen LogP contribution >= 0.6 is 11.3 Å². The molecule has 2 aromatic rings. The highest BCUT2D eigenvalue weighted by Crippen LogP contribution is 2.36. The Balaban J connectivity index is 2.09. The number of aryl methyl sites for hydroxylation is 1. The van der Waals surface area contributed by atoms with Crippen LogP contribution in [0.2, 0.25) is 0 Å². The Kier molecular flexibility index (Phi) is 10.4. The van der Waals surface area contributed by atoms with Gasteiger partial charge >= 0.3 is 11.7 Å². The monoisotopic (exact) mass is 503 g/mol. The molecule has 0 saturated carbocycles. The first-order chi connectivity index (χ1) is 16.5. The number of nitrogens with zero attached hydrogens (tertiary/aromatic N) is 1. The smallest absolute Gasteiger partial charge is 0.432 e. The van der Waals surface area contributed by atoms with Gasteiger partial charge in [-0.3, -0.25) is 4.79 Å². The summed E-state index contributed by atoms with van der Waals surface area (Å²) in [7, 11) is 1.26. The quantitative estimate of drug-likeness (QED) is 0.200. The van der Waals surface area contributed by atoms with Gasteiger partial charge in [0.25, 0.3) is 0 Å². The molecule has 192 valence electrons. The van der Waals surface area contributed by atoms with Crippen LogP contribution in [0.15, 0.2) is 32.4 Å². The zero-order valence-corrected chi connectivity index (χ0v) is 22.4. The molecule has 2 atom stereocenters. The lowest BCUT2D eigenvalue weighted by atomic mass is 9.73. The summed E-state index contributed by atoms with van der Waals surface area (Å²) in [6.45, 7) is 9.84. The number of aliphatic imine (C=N–C) groups is 1. The van der Waals surface area contributed by atoms with Crippen LogP contribution in [-0.4, -0.2) is 30.3 Å². The van der Waals surface area contributed by atoms with Gasteiger partial charge in [0.1, 0.15) is 17.1 Å². The number of unbranched alkanes of at least 4 members (excludes halogenated alkanes) is 1. The number of aromatic hydroxyl groups is 1. The van der Waals surface area contributed by atoms with Crippen molar-refractivity contribution in [3.8, 4) is 5.75 Å². The van der Waals surface area contributed by atoms with Crippen molar-refractivity contribution >= 4 is 29.4 Å². The Morgan fingerprint density at radius 3 is 2.57 bits per heavy atom. The molecule has 0 aliphatic heterocycles. The van der Waals surface area contributed by atoms with E-state index in [1.54, 1.807) is 18.3 Å². The van der Waals surface area contributed by atoms with Gasteiger partial charge in [-0.2, -0.15) is 4.99 Å². The molecule has 7 nitrogen and oxygen atoms in total. The van der Waals surface area contributed by atoms with Crippen LogP contribution in [0, 0.1) is 11.3 Å². The second-order valence-electron chi connectivity index (χ2n) is 9.68. The fourth-order valence-electron chi connectivity index (χ4n) is 3.89. The maximum Gasteiger partial charge on any atom is 0.432 e. The predicted molar refractivity (Wildman–Crippen MR) is 139 cm³/mol. The van der Waals surface area contributed by atoms with Crippen molar-refractivity contribution in [2.75, 3.05) is 7.11 Å². The molecule has 8 heteroatoms. The summed E-state index contributed by atoms with van der Waals surface area (Å²) in [6, 6.07) is 5.62. The van der Waals surface area contributed by atoms with E-state index in [1.165, 1.54) is 29.1 Å². The number of amides is 1. The van der Waals surface area contributed by atoms with Crippen molar-refractivity contribution in [3.05, 3.63) is 49.7 Å². The summed E-state index contributed by atoms with van der Waals surface area (Å²) in [5.41, 5.74) is -1.51. The van der Waals surface area contributed by atoms with Gasteiger partial charge in [0, 0.05) is 33.9 Å². The van der Waals surface area contributed by atoms with Crippen molar-refractivity contribution < 1.29 is 23.8 Å². The SMILES string of the molecule is CCCc1ccc(CC(C)(C)C(C)C(=O)c2c(O)cc(C(C)CCCC=NC(=O)OC)oc2=O)s1. The van der Waals surface area contributed by atoms with E-state index in [4.69, 9.17) is 4.42 Å². The number of hydrogen-bond donors (Lipinski definition) is 1. The predicted octanol–water partition coefficient (Wildman–Crippen LogP) is 6.56. The van der Waals surface area contributed by atoms with Crippen LogP contribution in [0.25, 0.3) is 0 Å². The molecule has 0 spiro atoms. The summed E-state index contributed by atoms with van der Waals surface area (Å²) >= 11 is 1.76. The third kappa shape index (κ3) is 7.88. The Morgan fingerprint density at radius 2 is 1.94 bits per heavy atom. The third-order valence-corrected chi connectivity index (χ3v) is 7.58. The minimum atomic E-state index is -0.812. The molecule has 1 N–H and O–H groups in total. The Bertz CT molecular complexity index is 1100. The van der Waals surface area contributed by atoms with Gasteiger partial charge in [0.05, 0.1) is 7.11 Å². The number of ether oxygens (including phenoxy) is 1. The standard InChI is InChI=1S/C27H37NO6S/c1-7-10-19-12-13-20(35-19)16-27(4,5)18(3)24(30)23-21(29)15-22(34-25(23)31)17(2)11-8-9-14-28-26(32)33-6/h12-15,17-18,29H,7-11,16H2,1-6H3. The summed E-state index contributed by atoms with van der Waals surface area (Å²) in [6.07, 6.45) is 5.57. The summed E-state index contributed by atoms with van der Waals surface area (Å²) in [5.74, 6) is -1.09. The summed E-state index contributed by atoms with van der Waals surface area (Å²) in [4.78, 5) is 43.1. The summed E-state index contributed by atoms with van der Waals surface area (Å²) in [5, 5.41) is 10.6. The first-order valence-corrected chi connectivity index (χ1v) is 12.9. The second-order valence-corrected chi connectivity index (χ2v) is 10.9. The fourth-order valence-corrected chi connectivity index (χ4v) is 5.25. The molecule has 1 amide bonds. The van der Waals surface area contributed by atoms with Gasteiger partial charge in [-0.25, -0.2) is 9.59 Å². The number of carbonyl (C=O) groups excluding carboxylic acids is 2. The van der Waals surface area contributed by atoms with Crippen LogP contribution in [0.5, 0.6) is 5.75 Å². The molecule has 0 aliphatic rings. The molecule has 2 aromatic heterocycles. The number of thiophene rings is 1. The topological polar surface area (TPSA) is 106 Å². The van der Waals surface area contributed by atoms with Crippen molar-refractivity contribution in [1.82, 2.24) is 0 Å². The number of Topliss-reactive ketones (excluding diaryl/α,β-unsaturated/α-hetero) is 1. The van der Waals surface area contributed by atoms with Crippen molar-refractivity contribution in [1.29, 1.82) is 0 Å². The molecule has 2 rings (SSSR count). The number of carbonyl (C=O) groups is 2. The van der Waals surface area contributed by atoms with Gasteiger partial charge < -0.3 is 14.3 Å². The Hall–Kier alpha value is -2.74. The van der Waals surface area contributed by atoms with Gasteiger partial charge in [0.15, 0.2) is 5.78 Å². The Morgan fingerprint density at radius 1 is 1.26 bits per heavy atom. The largest absolute Gasteiger partial charge is 0.507 e. The van der Waals surface area contributed by atoms with Crippen molar-refractivity contribution in [2.24, 2.45) is 16.3 Å². The van der Waals surface area contributed by atoms with Crippen LogP contribution in [0.3, 0.4) is 0 Å². The molecule has 0 radical (unpaired) electrons. The molecule has 0 fully saturated rings. The Labute approximate surface area is 211 Å². The van der Waals surface area contributed by atoms with Gasteiger partial charge in [-0.05, 0) is 49.7 Å². The van der Waals surface area contributed by atoms with Crippen molar-refractivity contribution in [3.63, 3.8) is 0 Å². The van der Waals surface area contributed by atoms with Crippen LogP contribution in [-0.2, 0) is 17.6 Å².